The predicted octanol–water partition coefficient (Wildman–Crippen LogP) is 1.80. The molecule has 19 heavy (non-hydrogen) atoms. The van der Waals surface area contributed by atoms with Gasteiger partial charge in [0.05, 0.1) is 30.0 Å². The number of rotatable bonds is 1. The molecule has 2 rings (SSSR count). The van der Waals surface area contributed by atoms with Gasteiger partial charge in [0.2, 0.25) is 0 Å². The van der Waals surface area contributed by atoms with E-state index in [1.54, 1.807) is 6.92 Å². The summed E-state index contributed by atoms with van der Waals surface area (Å²) >= 11 is 0. The molecule has 1 aromatic rings. The van der Waals surface area contributed by atoms with Crippen molar-refractivity contribution in [2.75, 3.05) is 18.9 Å². The van der Waals surface area contributed by atoms with E-state index in [0.29, 0.717) is 13.2 Å². The number of anilines is 1. The molecule has 1 aliphatic heterocycles. The lowest BCUT2D eigenvalue weighted by atomic mass is 10.1. The molecule has 1 heterocycles. The predicted molar refractivity (Wildman–Crippen MR) is 66.7 cm³/mol. The summed E-state index contributed by atoms with van der Waals surface area (Å²) < 4.78 is 32.5. The summed E-state index contributed by atoms with van der Waals surface area (Å²) in [5.41, 5.74) is 4.64. The summed E-state index contributed by atoms with van der Waals surface area (Å²) in [6.45, 7) is 4.34. The van der Waals surface area contributed by atoms with Crippen molar-refractivity contribution in [1.82, 2.24) is 4.90 Å². The highest BCUT2D eigenvalue weighted by atomic mass is 19.1. The summed E-state index contributed by atoms with van der Waals surface area (Å²) in [6.07, 6.45) is -0.130. The standard InChI is InChI=1S/C13H16F2N2O2/c1-7-6-19-8(2)5-17(7)13(18)10-3-9(14)4-11(16)12(10)15/h3-4,7-8H,5-6,16H2,1-2H3. The van der Waals surface area contributed by atoms with Crippen molar-refractivity contribution in [3.05, 3.63) is 29.3 Å². The number of nitrogens with zero attached hydrogens (tertiary/aromatic N) is 1. The van der Waals surface area contributed by atoms with Gasteiger partial charge >= 0.3 is 0 Å². The number of nitrogen functional groups attached to an aromatic ring is 1. The smallest absolute Gasteiger partial charge is 0.257 e. The zero-order valence-corrected chi connectivity index (χ0v) is 10.8. The van der Waals surface area contributed by atoms with Crippen molar-refractivity contribution in [3.63, 3.8) is 0 Å². The monoisotopic (exact) mass is 270 g/mol. The first-order valence-corrected chi connectivity index (χ1v) is 6.07. The maximum atomic E-state index is 13.8. The summed E-state index contributed by atoms with van der Waals surface area (Å²) in [5, 5.41) is 0. The van der Waals surface area contributed by atoms with Crippen molar-refractivity contribution in [2.24, 2.45) is 0 Å². The van der Waals surface area contributed by atoms with Gasteiger partial charge in [-0.15, -0.1) is 0 Å². The first-order valence-electron chi connectivity index (χ1n) is 6.07. The molecule has 4 nitrogen and oxygen atoms in total. The highest BCUT2D eigenvalue weighted by molar-refractivity contribution is 5.95. The molecule has 0 bridgehead atoms. The molecular formula is C13H16F2N2O2. The number of hydrogen-bond donors (Lipinski definition) is 1. The van der Waals surface area contributed by atoms with Crippen LogP contribution in [-0.4, -0.2) is 36.1 Å². The average Bonchev–Trinajstić information content (AvgIpc) is 2.36. The van der Waals surface area contributed by atoms with Gasteiger partial charge in [-0.2, -0.15) is 0 Å². The van der Waals surface area contributed by atoms with Crippen LogP contribution in [0.1, 0.15) is 24.2 Å². The molecule has 0 spiro atoms. The van der Waals surface area contributed by atoms with Gasteiger partial charge in [-0.25, -0.2) is 8.78 Å². The fourth-order valence-electron chi connectivity index (χ4n) is 2.11. The van der Waals surface area contributed by atoms with Gasteiger partial charge in [-0.1, -0.05) is 0 Å². The minimum absolute atomic E-state index is 0.130. The zero-order valence-electron chi connectivity index (χ0n) is 10.8. The molecule has 1 fully saturated rings. The van der Waals surface area contributed by atoms with E-state index in [1.165, 1.54) is 4.90 Å². The molecular weight excluding hydrogens is 254 g/mol. The number of carbonyl (C=O) groups is 1. The summed E-state index contributed by atoms with van der Waals surface area (Å²) in [6, 6.07) is 1.55. The van der Waals surface area contributed by atoms with Crippen LogP contribution in [-0.2, 0) is 4.74 Å². The average molecular weight is 270 g/mol. The highest BCUT2D eigenvalue weighted by Crippen LogP contribution is 2.22. The van der Waals surface area contributed by atoms with Crippen LogP contribution in [0.5, 0.6) is 0 Å². The van der Waals surface area contributed by atoms with Gasteiger partial charge in [0.15, 0.2) is 5.82 Å². The van der Waals surface area contributed by atoms with Crippen LogP contribution < -0.4 is 5.73 Å². The van der Waals surface area contributed by atoms with E-state index in [9.17, 15) is 13.6 Å². The van der Waals surface area contributed by atoms with Crippen LogP contribution in [0.3, 0.4) is 0 Å². The van der Waals surface area contributed by atoms with E-state index >= 15 is 0 Å². The maximum Gasteiger partial charge on any atom is 0.257 e. The van der Waals surface area contributed by atoms with Gasteiger partial charge in [-0.05, 0) is 26.0 Å². The third kappa shape index (κ3) is 2.68. The molecule has 6 heteroatoms. The van der Waals surface area contributed by atoms with E-state index in [-0.39, 0.29) is 23.4 Å². The van der Waals surface area contributed by atoms with Crippen LogP contribution >= 0.6 is 0 Å². The largest absolute Gasteiger partial charge is 0.396 e. The Hall–Kier alpha value is -1.69. The molecule has 0 saturated carbocycles. The Bertz CT molecular complexity index is 508. The van der Waals surface area contributed by atoms with E-state index < -0.39 is 17.5 Å². The molecule has 2 atom stereocenters. The molecule has 0 radical (unpaired) electrons. The van der Waals surface area contributed by atoms with Crippen molar-refractivity contribution < 1.29 is 18.3 Å². The number of benzene rings is 1. The lowest BCUT2D eigenvalue weighted by Crippen LogP contribution is -2.50. The SMILES string of the molecule is CC1CN(C(=O)c2cc(F)cc(N)c2F)C(C)CO1. The number of carbonyl (C=O) groups excluding carboxylic acids is 1. The molecule has 0 aromatic heterocycles. The quantitative estimate of drug-likeness (QED) is 0.792. The Morgan fingerprint density at radius 2 is 2.11 bits per heavy atom. The van der Waals surface area contributed by atoms with Gasteiger partial charge in [0, 0.05) is 6.54 Å². The summed E-state index contributed by atoms with van der Waals surface area (Å²) in [5.74, 6) is -2.17. The maximum absolute atomic E-state index is 13.8. The number of nitrogens with two attached hydrogens (primary N) is 1. The molecule has 0 aliphatic carbocycles. The number of halogens is 2. The van der Waals surface area contributed by atoms with Crippen molar-refractivity contribution in [3.8, 4) is 0 Å². The van der Waals surface area contributed by atoms with Gasteiger partial charge in [-0.3, -0.25) is 4.79 Å². The number of ether oxygens (including phenoxy) is 1. The lowest BCUT2D eigenvalue weighted by molar-refractivity contribution is -0.0388. The topological polar surface area (TPSA) is 55.6 Å². The normalized spacial score (nSPS) is 23.5. The van der Waals surface area contributed by atoms with Crippen molar-refractivity contribution >= 4 is 11.6 Å². The van der Waals surface area contributed by atoms with Crippen LogP contribution in [0.4, 0.5) is 14.5 Å². The third-order valence-electron chi connectivity index (χ3n) is 3.16. The zero-order chi connectivity index (χ0) is 14.2. The Morgan fingerprint density at radius 1 is 1.42 bits per heavy atom. The minimum atomic E-state index is -0.877. The van der Waals surface area contributed by atoms with E-state index in [1.807, 2.05) is 6.92 Å². The van der Waals surface area contributed by atoms with Crippen molar-refractivity contribution in [2.45, 2.75) is 26.0 Å². The van der Waals surface area contributed by atoms with E-state index in [0.717, 1.165) is 12.1 Å². The fourth-order valence-corrected chi connectivity index (χ4v) is 2.11. The Kier molecular flexibility index (Phi) is 3.71. The second-order valence-electron chi connectivity index (χ2n) is 4.81. The molecule has 1 saturated heterocycles. The number of morpholine rings is 1. The van der Waals surface area contributed by atoms with E-state index in [2.05, 4.69) is 0 Å². The van der Waals surface area contributed by atoms with E-state index in [4.69, 9.17) is 10.5 Å². The fraction of sp³-hybridized carbons (Fsp3) is 0.462. The molecule has 104 valence electrons. The third-order valence-corrected chi connectivity index (χ3v) is 3.16. The second kappa shape index (κ2) is 5.13. The molecule has 1 aromatic carbocycles. The van der Waals surface area contributed by atoms with Crippen LogP contribution in [0, 0.1) is 11.6 Å². The van der Waals surface area contributed by atoms with Crippen LogP contribution in [0.2, 0.25) is 0 Å². The highest BCUT2D eigenvalue weighted by Gasteiger charge is 2.30. The molecule has 2 N–H and O–H groups in total. The first-order chi connectivity index (χ1) is 8.90. The molecule has 1 amide bonds. The Labute approximate surface area is 110 Å². The molecule has 1 aliphatic rings. The van der Waals surface area contributed by atoms with Gasteiger partial charge < -0.3 is 15.4 Å². The number of amides is 1. The molecule has 2 unspecified atom stereocenters. The Morgan fingerprint density at radius 3 is 2.79 bits per heavy atom. The number of hydrogen-bond acceptors (Lipinski definition) is 3. The minimum Gasteiger partial charge on any atom is -0.396 e. The van der Waals surface area contributed by atoms with Crippen LogP contribution in [0.25, 0.3) is 0 Å². The van der Waals surface area contributed by atoms with Gasteiger partial charge in [0.25, 0.3) is 5.91 Å². The van der Waals surface area contributed by atoms with Gasteiger partial charge in [0.1, 0.15) is 5.82 Å². The Balaban J connectivity index is 2.33. The summed E-state index contributed by atoms with van der Waals surface area (Å²) in [4.78, 5) is 13.8. The lowest BCUT2D eigenvalue weighted by Gasteiger charge is -2.36. The second-order valence-corrected chi connectivity index (χ2v) is 4.81. The first kappa shape index (κ1) is 13.7. The van der Waals surface area contributed by atoms with Crippen molar-refractivity contribution in [1.29, 1.82) is 0 Å². The summed E-state index contributed by atoms with van der Waals surface area (Å²) in [7, 11) is 0. The van der Waals surface area contributed by atoms with Crippen LogP contribution in [0.15, 0.2) is 12.1 Å².